The Bertz CT molecular complexity index is 460. The number of benzene rings is 1. The van der Waals surface area contributed by atoms with Crippen LogP contribution in [-0.4, -0.2) is 28.6 Å². The fourth-order valence-corrected chi connectivity index (χ4v) is 1.97. The fraction of sp³-hybridized carbons (Fsp3) is 0.364. The van der Waals surface area contributed by atoms with E-state index in [2.05, 4.69) is 21.2 Å². The summed E-state index contributed by atoms with van der Waals surface area (Å²) in [5, 5.41) is 22.3. The molecule has 1 aromatic carbocycles. The molecule has 0 unspecified atom stereocenters. The van der Waals surface area contributed by atoms with E-state index >= 15 is 0 Å². The van der Waals surface area contributed by atoms with Crippen LogP contribution in [0, 0.1) is 10.1 Å². The van der Waals surface area contributed by atoms with Gasteiger partial charge in [-0.1, -0.05) is 13.0 Å². The van der Waals surface area contributed by atoms with Crippen molar-refractivity contribution in [1.29, 1.82) is 0 Å². The van der Waals surface area contributed by atoms with Gasteiger partial charge in [0, 0.05) is 6.07 Å². The van der Waals surface area contributed by atoms with Crippen LogP contribution < -0.4 is 5.32 Å². The Morgan fingerprint density at radius 2 is 2.28 bits per heavy atom. The number of hydrogen-bond donors (Lipinski definition) is 2. The number of nitrogens with one attached hydrogen (secondary N) is 1. The van der Waals surface area contributed by atoms with Crippen LogP contribution in [-0.2, 0) is 0 Å². The van der Waals surface area contributed by atoms with Crippen molar-refractivity contribution in [1.82, 2.24) is 5.32 Å². The molecule has 7 heteroatoms. The molecule has 98 valence electrons. The molecule has 0 aromatic heterocycles. The lowest BCUT2D eigenvalue weighted by Gasteiger charge is -2.14. The van der Waals surface area contributed by atoms with Crippen molar-refractivity contribution in [3.63, 3.8) is 0 Å². The summed E-state index contributed by atoms with van der Waals surface area (Å²) in [6, 6.07) is 3.88. The maximum absolute atomic E-state index is 11.9. The topological polar surface area (TPSA) is 92.5 Å². The average Bonchev–Trinajstić information content (AvgIpc) is 2.35. The van der Waals surface area contributed by atoms with E-state index in [4.69, 9.17) is 5.11 Å². The number of aliphatic hydroxyl groups excluding tert-OH is 1. The predicted octanol–water partition coefficient (Wildman–Crippen LogP) is 1.86. The molecule has 1 amide bonds. The molecule has 1 aromatic rings. The molecule has 0 spiro atoms. The molecule has 0 heterocycles. The Morgan fingerprint density at radius 3 is 2.78 bits per heavy atom. The molecule has 0 saturated heterocycles. The summed E-state index contributed by atoms with van der Waals surface area (Å²) in [5.74, 6) is -0.452. The second-order valence-electron chi connectivity index (χ2n) is 3.66. The van der Waals surface area contributed by atoms with Crippen molar-refractivity contribution in [2.45, 2.75) is 19.4 Å². The molecule has 0 fully saturated rings. The zero-order valence-corrected chi connectivity index (χ0v) is 11.3. The number of hydrogen-bond acceptors (Lipinski definition) is 4. The quantitative estimate of drug-likeness (QED) is 0.640. The first-order chi connectivity index (χ1) is 8.51. The summed E-state index contributed by atoms with van der Waals surface area (Å²) in [4.78, 5) is 22.1. The van der Waals surface area contributed by atoms with Crippen molar-refractivity contribution >= 4 is 27.5 Å². The molecular formula is C11H13BrN2O4. The third-order valence-electron chi connectivity index (χ3n) is 2.47. The Morgan fingerprint density at radius 1 is 1.61 bits per heavy atom. The van der Waals surface area contributed by atoms with Crippen molar-refractivity contribution in [2.75, 3.05) is 6.61 Å². The summed E-state index contributed by atoms with van der Waals surface area (Å²) in [6.45, 7) is 1.65. The van der Waals surface area contributed by atoms with Gasteiger partial charge in [-0.05, 0) is 28.4 Å². The van der Waals surface area contributed by atoms with E-state index in [1.165, 1.54) is 18.2 Å². The Labute approximate surface area is 112 Å². The van der Waals surface area contributed by atoms with E-state index in [0.29, 0.717) is 6.42 Å². The highest BCUT2D eigenvalue weighted by molar-refractivity contribution is 9.10. The lowest BCUT2D eigenvalue weighted by Crippen LogP contribution is -2.37. The van der Waals surface area contributed by atoms with Gasteiger partial charge in [-0.25, -0.2) is 0 Å². The molecule has 18 heavy (non-hydrogen) atoms. The number of nitrogens with zero attached hydrogens (tertiary/aromatic N) is 1. The van der Waals surface area contributed by atoms with Gasteiger partial charge in [-0.3, -0.25) is 14.9 Å². The van der Waals surface area contributed by atoms with Crippen molar-refractivity contribution in [3.8, 4) is 0 Å². The van der Waals surface area contributed by atoms with E-state index in [1.54, 1.807) is 0 Å². The number of rotatable bonds is 5. The first kappa shape index (κ1) is 14.6. The van der Waals surface area contributed by atoms with Gasteiger partial charge in [-0.15, -0.1) is 0 Å². The molecule has 0 aliphatic rings. The molecule has 0 radical (unpaired) electrons. The van der Waals surface area contributed by atoms with E-state index in [9.17, 15) is 14.9 Å². The molecule has 6 nitrogen and oxygen atoms in total. The molecule has 1 atom stereocenters. The van der Waals surface area contributed by atoms with Gasteiger partial charge in [0.1, 0.15) is 4.47 Å². The highest BCUT2D eigenvalue weighted by atomic mass is 79.9. The van der Waals surface area contributed by atoms with Crippen LogP contribution in [0.3, 0.4) is 0 Å². The molecule has 1 rings (SSSR count). The maximum Gasteiger partial charge on any atom is 0.284 e. The van der Waals surface area contributed by atoms with E-state index in [-0.39, 0.29) is 28.4 Å². The minimum Gasteiger partial charge on any atom is -0.394 e. The third kappa shape index (κ3) is 3.27. The Kier molecular flexibility index (Phi) is 5.24. The second-order valence-corrected chi connectivity index (χ2v) is 4.45. The standard InChI is InChI=1S/C11H13BrN2O4/c1-2-7(6-15)13-11(16)8-4-3-5-9(10(8)12)14(17)18/h3-5,7,15H,2,6H2,1H3,(H,13,16)/t7-/m0/s1. The van der Waals surface area contributed by atoms with Crippen molar-refractivity contribution in [3.05, 3.63) is 38.3 Å². The lowest BCUT2D eigenvalue weighted by molar-refractivity contribution is -0.385. The largest absolute Gasteiger partial charge is 0.394 e. The number of amides is 1. The van der Waals surface area contributed by atoms with E-state index in [0.717, 1.165) is 0 Å². The summed E-state index contributed by atoms with van der Waals surface area (Å²) >= 11 is 3.05. The number of carbonyl (C=O) groups excluding carboxylic acids is 1. The first-order valence-corrected chi connectivity index (χ1v) is 6.15. The van der Waals surface area contributed by atoms with Gasteiger partial charge in [0.2, 0.25) is 0 Å². The minimum absolute atomic E-state index is 0.139. The third-order valence-corrected chi connectivity index (χ3v) is 3.30. The average molecular weight is 317 g/mol. The van der Waals surface area contributed by atoms with Crippen LogP contribution in [0.5, 0.6) is 0 Å². The Hall–Kier alpha value is -1.47. The highest BCUT2D eigenvalue weighted by Crippen LogP contribution is 2.28. The summed E-state index contributed by atoms with van der Waals surface area (Å²) in [5.41, 5.74) is 0.01000. The van der Waals surface area contributed by atoms with Gasteiger partial charge < -0.3 is 10.4 Å². The fourth-order valence-electron chi connectivity index (χ4n) is 1.38. The molecule has 0 saturated carbocycles. The van der Waals surface area contributed by atoms with Crippen LogP contribution in [0.1, 0.15) is 23.7 Å². The van der Waals surface area contributed by atoms with Gasteiger partial charge >= 0.3 is 0 Å². The number of nitro benzene ring substituents is 1. The van der Waals surface area contributed by atoms with Crippen LogP contribution in [0.15, 0.2) is 22.7 Å². The smallest absolute Gasteiger partial charge is 0.284 e. The molecule has 0 bridgehead atoms. The van der Waals surface area contributed by atoms with Crippen molar-refractivity contribution in [2.24, 2.45) is 0 Å². The second kappa shape index (κ2) is 6.46. The predicted molar refractivity (Wildman–Crippen MR) is 69.4 cm³/mol. The minimum atomic E-state index is -0.565. The van der Waals surface area contributed by atoms with Crippen molar-refractivity contribution < 1.29 is 14.8 Å². The molecule has 2 N–H and O–H groups in total. The van der Waals surface area contributed by atoms with Gasteiger partial charge in [0.15, 0.2) is 0 Å². The van der Waals surface area contributed by atoms with Gasteiger partial charge in [0.05, 0.1) is 23.1 Å². The van der Waals surface area contributed by atoms with E-state index in [1.807, 2.05) is 6.92 Å². The van der Waals surface area contributed by atoms with Crippen LogP contribution in [0.4, 0.5) is 5.69 Å². The summed E-state index contributed by atoms with van der Waals surface area (Å²) < 4.78 is 0.139. The zero-order valence-electron chi connectivity index (χ0n) is 9.72. The molecule has 0 aliphatic carbocycles. The zero-order chi connectivity index (χ0) is 13.7. The maximum atomic E-state index is 11.9. The van der Waals surface area contributed by atoms with E-state index < -0.39 is 10.8 Å². The summed E-state index contributed by atoms with van der Waals surface area (Å²) in [7, 11) is 0. The number of halogens is 1. The van der Waals surface area contributed by atoms with Crippen LogP contribution in [0.2, 0.25) is 0 Å². The highest BCUT2D eigenvalue weighted by Gasteiger charge is 2.20. The van der Waals surface area contributed by atoms with Gasteiger partial charge in [-0.2, -0.15) is 0 Å². The van der Waals surface area contributed by atoms with Crippen LogP contribution >= 0.6 is 15.9 Å². The normalized spacial score (nSPS) is 11.9. The molecule has 0 aliphatic heterocycles. The number of aliphatic hydroxyl groups is 1. The van der Waals surface area contributed by atoms with Gasteiger partial charge in [0.25, 0.3) is 11.6 Å². The first-order valence-electron chi connectivity index (χ1n) is 5.35. The molecular weight excluding hydrogens is 304 g/mol. The monoisotopic (exact) mass is 316 g/mol. The number of carbonyl (C=O) groups is 1. The Balaban J connectivity index is 2.99. The van der Waals surface area contributed by atoms with Crippen LogP contribution in [0.25, 0.3) is 0 Å². The lowest BCUT2D eigenvalue weighted by atomic mass is 10.1. The SMILES string of the molecule is CC[C@@H](CO)NC(=O)c1cccc([N+](=O)[O-])c1Br. The number of nitro groups is 1. The summed E-state index contributed by atoms with van der Waals surface area (Å²) in [6.07, 6.45) is 0.578.